The summed E-state index contributed by atoms with van der Waals surface area (Å²) in [5, 5.41) is 0.142. The van der Waals surface area contributed by atoms with E-state index in [0.717, 1.165) is 11.3 Å². The molecule has 0 fully saturated rings. The van der Waals surface area contributed by atoms with Gasteiger partial charge in [-0.25, -0.2) is 4.79 Å². The average Bonchev–Trinajstić information content (AvgIpc) is 2.95. The van der Waals surface area contributed by atoms with Gasteiger partial charge in [-0.2, -0.15) is 0 Å². The number of ketones is 1. The Balaban J connectivity index is 2.21. The SMILES string of the molecule is C=CCn1c(=O)[nH]c(=O)c2c(N)c(C(=O)c3ccc(OC)cc3)sc21. The van der Waals surface area contributed by atoms with Crippen molar-refractivity contribution in [3.05, 3.63) is 68.2 Å². The molecule has 0 radical (unpaired) electrons. The van der Waals surface area contributed by atoms with Crippen LogP contribution in [0.5, 0.6) is 5.75 Å². The molecule has 1 aromatic carbocycles. The zero-order valence-electron chi connectivity index (χ0n) is 13.4. The van der Waals surface area contributed by atoms with Crippen LogP contribution in [0, 0.1) is 0 Å². The molecule has 0 aliphatic carbocycles. The fraction of sp³-hybridized carbons (Fsp3) is 0.118. The van der Waals surface area contributed by atoms with Crippen molar-refractivity contribution in [1.82, 2.24) is 9.55 Å². The van der Waals surface area contributed by atoms with Crippen molar-refractivity contribution < 1.29 is 9.53 Å². The number of ether oxygens (including phenoxy) is 1. The van der Waals surface area contributed by atoms with Gasteiger partial charge in [-0.3, -0.25) is 19.1 Å². The quantitative estimate of drug-likeness (QED) is 0.534. The van der Waals surface area contributed by atoms with Gasteiger partial charge in [0.15, 0.2) is 0 Å². The lowest BCUT2D eigenvalue weighted by Gasteiger charge is -2.02. The lowest BCUT2D eigenvalue weighted by atomic mass is 10.1. The number of hydrogen-bond acceptors (Lipinski definition) is 6. The van der Waals surface area contributed by atoms with Gasteiger partial charge in [-0.05, 0) is 24.3 Å². The first-order valence-corrected chi connectivity index (χ1v) is 8.14. The highest BCUT2D eigenvalue weighted by Crippen LogP contribution is 2.32. The van der Waals surface area contributed by atoms with Crippen LogP contribution in [0.2, 0.25) is 0 Å². The van der Waals surface area contributed by atoms with Gasteiger partial charge in [0.05, 0.1) is 18.2 Å². The zero-order valence-corrected chi connectivity index (χ0v) is 14.2. The van der Waals surface area contributed by atoms with E-state index >= 15 is 0 Å². The predicted molar refractivity (Wildman–Crippen MR) is 97.7 cm³/mol. The van der Waals surface area contributed by atoms with Crippen molar-refractivity contribution in [3.8, 4) is 5.75 Å². The summed E-state index contributed by atoms with van der Waals surface area (Å²) in [5.41, 5.74) is 5.36. The molecular weight excluding hydrogens is 342 g/mol. The van der Waals surface area contributed by atoms with Gasteiger partial charge < -0.3 is 10.5 Å². The molecule has 128 valence electrons. The molecule has 0 aliphatic rings. The number of carbonyl (C=O) groups excluding carboxylic acids is 1. The highest BCUT2D eigenvalue weighted by molar-refractivity contribution is 7.21. The fourth-order valence-electron chi connectivity index (χ4n) is 2.50. The van der Waals surface area contributed by atoms with E-state index in [1.165, 1.54) is 17.8 Å². The zero-order chi connectivity index (χ0) is 18.1. The summed E-state index contributed by atoms with van der Waals surface area (Å²) in [6, 6.07) is 6.56. The van der Waals surface area contributed by atoms with Crippen molar-refractivity contribution in [3.63, 3.8) is 0 Å². The Bertz CT molecular complexity index is 1090. The summed E-state index contributed by atoms with van der Waals surface area (Å²) in [4.78, 5) is 39.7. The number of allylic oxidation sites excluding steroid dienone is 1. The second-order valence-corrected chi connectivity index (χ2v) is 6.24. The minimum atomic E-state index is -0.608. The highest BCUT2D eigenvalue weighted by atomic mass is 32.1. The number of aromatic nitrogens is 2. The third-order valence-corrected chi connectivity index (χ3v) is 4.96. The Hall–Kier alpha value is -3.13. The van der Waals surface area contributed by atoms with E-state index in [1.54, 1.807) is 24.3 Å². The number of thiophene rings is 1. The number of benzene rings is 1. The van der Waals surface area contributed by atoms with E-state index in [2.05, 4.69) is 11.6 Å². The number of nitrogens with one attached hydrogen (secondary N) is 1. The van der Waals surface area contributed by atoms with Crippen molar-refractivity contribution >= 4 is 33.0 Å². The maximum atomic E-state index is 12.8. The molecule has 3 aromatic rings. The molecule has 8 heteroatoms. The number of nitrogen functional groups attached to an aromatic ring is 1. The molecule has 0 bridgehead atoms. The normalized spacial score (nSPS) is 10.8. The Morgan fingerprint density at radius 2 is 2.04 bits per heavy atom. The van der Waals surface area contributed by atoms with Crippen LogP contribution < -0.4 is 21.7 Å². The molecular formula is C17H15N3O4S. The molecule has 0 amide bonds. The molecule has 0 saturated carbocycles. The molecule has 0 saturated heterocycles. The van der Waals surface area contributed by atoms with Crippen LogP contribution in [-0.2, 0) is 6.54 Å². The topological polar surface area (TPSA) is 107 Å². The molecule has 25 heavy (non-hydrogen) atoms. The van der Waals surface area contributed by atoms with Crippen LogP contribution in [0.15, 0.2) is 46.5 Å². The van der Waals surface area contributed by atoms with Crippen molar-refractivity contribution in [2.45, 2.75) is 6.54 Å². The first-order chi connectivity index (χ1) is 12.0. The molecule has 7 nitrogen and oxygen atoms in total. The highest BCUT2D eigenvalue weighted by Gasteiger charge is 2.22. The monoisotopic (exact) mass is 357 g/mol. The number of methoxy groups -OCH3 is 1. The number of H-pyrrole nitrogens is 1. The molecule has 0 spiro atoms. The van der Waals surface area contributed by atoms with E-state index in [-0.39, 0.29) is 28.3 Å². The molecule has 2 aromatic heterocycles. The van der Waals surface area contributed by atoms with Crippen molar-refractivity contribution in [2.24, 2.45) is 0 Å². The summed E-state index contributed by atoms with van der Waals surface area (Å²) >= 11 is 1.02. The minimum absolute atomic E-state index is 0.0693. The van der Waals surface area contributed by atoms with Crippen LogP contribution in [0.25, 0.3) is 10.2 Å². The standard InChI is InChI=1S/C17H15N3O4S/c1-3-8-20-16-11(15(22)19-17(20)23)12(18)14(25-16)13(21)9-4-6-10(24-2)7-5-9/h3-7H,1,8,18H2,2H3,(H,19,22,23). The number of rotatable bonds is 5. The van der Waals surface area contributed by atoms with Crippen LogP contribution in [-0.4, -0.2) is 22.4 Å². The van der Waals surface area contributed by atoms with E-state index in [9.17, 15) is 14.4 Å². The maximum absolute atomic E-state index is 12.8. The minimum Gasteiger partial charge on any atom is -0.497 e. The number of anilines is 1. The number of nitrogens with two attached hydrogens (primary N) is 1. The molecule has 2 heterocycles. The number of aromatic amines is 1. The van der Waals surface area contributed by atoms with E-state index in [1.807, 2.05) is 0 Å². The maximum Gasteiger partial charge on any atom is 0.329 e. The predicted octanol–water partition coefficient (Wildman–Crippen LogP) is 1.76. The summed E-state index contributed by atoms with van der Waals surface area (Å²) < 4.78 is 6.40. The summed E-state index contributed by atoms with van der Waals surface area (Å²) in [6.07, 6.45) is 1.53. The van der Waals surface area contributed by atoms with E-state index in [4.69, 9.17) is 10.5 Å². The summed E-state index contributed by atoms with van der Waals surface area (Å²) in [7, 11) is 1.53. The molecule has 3 N–H and O–H groups in total. The Morgan fingerprint density at radius 3 is 2.64 bits per heavy atom. The van der Waals surface area contributed by atoms with Crippen LogP contribution in [0.3, 0.4) is 0 Å². The second kappa shape index (κ2) is 6.40. The molecule has 0 unspecified atom stereocenters. The first kappa shape index (κ1) is 16.7. The second-order valence-electron chi connectivity index (χ2n) is 5.24. The number of carbonyl (C=O) groups is 1. The fourth-order valence-corrected chi connectivity index (χ4v) is 3.69. The number of nitrogens with zero attached hydrogens (tertiary/aromatic N) is 1. The Labute approximate surface area is 146 Å². The third kappa shape index (κ3) is 2.76. The molecule has 0 aliphatic heterocycles. The van der Waals surface area contributed by atoms with Crippen LogP contribution in [0.1, 0.15) is 15.2 Å². The lowest BCUT2D eigenvalue weighted by molar-refractivity contribution is 0.104. The van der Waals surface area contributed by atoms with Crippen LogP contribution >= 0.6 is 11.3 Å². The van der Waals surface area contributed by atoms with Crippen LogP contribution in [0.4, 0.5) is 5.69 Å². The van der Waals surface area contributed by atoms with Gasteiger partial charge in [0, 0.05) is 12.1 Å². The van der Waals surface area contributed by atoms with Gasteiger partial charge in [0.1, 0.15) is 15.5 Å². The largest absolute Gasteiger partial charge is 0.497 e. The third-order valence-electron chi connectivity index (χ3n) is 3.73. The number of hydrogen-bond donors (Lipinski definition) is 2. The Morgan fingerprint density at radius 1 is 1.36 bits per heavy atom. The molecule has 3 rings (SSSR count). The van der Waals surface area contributed by atoms with E-state index < -0.39 is 11.2 Å². The average molecular weight is 357 g/mol. The lowest BCUT2D eigenvalue weighted by Crippen LogP contribution is -2.29. The molecule has 0 atom stereocenters. The summed E-state index contributed by atoms with van der Waals surface area (Å²) in [6.45, 7) is 3.79. The van der Waals surface area contributed by atoms with Gasteiger partial charge in [-0.15, -0.1) is 17.9 Å². The van der Waals surface area contributed by atoms with Crippen molar-refractivity contribution in [1.29, 1.82) is 0 Å². The first-order valence-electron chi connectivity index (χ1n) is 7.32. The summed E-state index contributed by atoms with van der Waals surface area (Å²) in [5.74, 6) is 0.301. The van der Waals surface area contributed by atoms with Crippen molar-refractivity contribution in [2.75, 3.05) is 12.8 Å². The smallest absolute Gasteiger partial charge is 0.329 e. The van der Waals surface area contributed by atoms with Gasteiger partial charge in [-0.1, -0.05) is 6.08 Å². The van der Waals surface area contributed by atoms with Gasteiger partial charge >= 0.3 is 5.69 Å². The number of fused-ring (bicyclic) bond motifs is 1. The van der Waals surface area contributed by atoms with E-state index in [0.29, 0.717) is 16.1 Å². The van der Waals surface area contributed by atoms with Gasteiger partial charge in [0.25, 0.3) is 5.56 Å². The van der Waals surface area contributed by atoms with Gasteiger partial charge in [0.2, 0.25) is 5.78 Å². The Kier molecular flexibility index (Phi) is 4.28.